The van der Waals surface area contributed by atoms with E-state index in [2.05, 4.69) is 35.7 Å². The average molecular weight is 1130 g/mol. The largest absolute Gasteiger partial charge is 0.489 e. The van der Waals surface area contributed by atoms with Crippen LogP contribution < -0.4 is 16.1 Å². The van der Waals surface area contributed by atoms with Crippen molar-refractivity contribution in [3.8, 4) is 11.3 Å². The summed E-state index contributed by atoms with van der Waals surface area (Å²) in [6.45, 7) is 12.7. The van der Waals surface area contributed by atoms with Gasteiger partial charge in [0.15, 0.2) is 6.29 Å². The molecular formula is C60H74BBrN4O12. The normalized spacial score (nSPS) is 14.0. The molecule has 0 unspecified atom stereocenters. The number of aldehydes is 2. The predicted molar refractivity (Wildman–Crippen MR) is 307 cm³/mol. The molecule has 4 N–H and O–H groups in total. The van der Waals surface area contributed by atoms with Gasteiger partial charge in [-0.05, 0) is 136 Å². The maximum atomic E-state index is 12.4. The first kappa shape index (κ1) is 60.5. The molecule has 2 aromatic heterocycles. The molecular weight excluding hydrogens is 1060 g/mol. The number of nitrogens with one attached hydrogen (secondary N) is 2. The second kappa shape index (κ2) is 27.7. The zero-order chi connectivity index (χ0) is 56.7. The van der Waals surface area contributed by atoms with Crippen molar-refractivity contribution in [1.82, 2.24) is 19.8 Å². The van der Waals surface area contributed by atoms with Crippen LogP contribution in [0.4, 0.5) is 9.59 Å². The smallest absolute Gasteiger partial charge is 0.465 e. The van der Waals surface area contributed by atoms with Gasteiger partial charge in [0.25, 0.3) is 0 Å². The van der Waals surface area contributed by atoms with Gasteiger partial charge in [0.1, 0.15) is 17.5 Å². The number of nitrogens with zero attached hydrogens (tertiary/aromatic N) is 2. The first-order valence-corrected chi connectivity index (χ1v) is 27.5. The molecule has 0 atom stereocenters. The van der Waals surface area contributed by atoms with Gasteiger partial charge in [-0.3, -0.25) is 9.59 Å². The first-order valence-electron chi connectivity index (χ1n) is 26.7. The van der Waals surface area contributed by atoms with Crippen LogP contribution in [0.15, 0.2) is 89.5 Å². The van der Waals surface area contributed by atoms with Crippen LogP contribution in [0.5, 0.6) is 0 Å². The van der Waals surface area contributed by atoms with Crippen LogP contribution in [0.3, 0.4) is 0 Å². The number of esters is 2. The van der Waals surface area contributed by atoms with Gasteiger partial charge in [0.05, 0.1) is 41.2 Å². The summed E-state index contributed by atoms with van der Waals surface area (Å²) < 4.78 is 25.9. The minimum absolute atomic E-state index is 0.238. The summed E-state index contributed by atoms with van der Waals surface area (Å²) in [7, 11) is 1.19. The molecule has 2 aliphatic carbocycles. The zero-order valence-electron chi connectivity index (χ0n) is 46.1. The molecule has 0 radical (unpaired) electrons. The monoisotopic (exact) mass is 1130 g/mol. The number of amides is 2. The lowest BCUT2D eigenvalue weighted by atomic mass is 9.77. The van der Waals surface area contributed by atoms with Gasteiger partial charge in [-0.25, -0.2) is 19.2 Å². The number of rotatable bonds is 14. The van der Waals surface area contributed by atoms with Gasteiger partial charge in [-0.2, -0.15) is 0 Å². The molecule has 0 aliphatic heterocycles. The van der Waals surface area contributed by atoms with Crippen molar-refractivity contribution in [2.24, 2.45) is 0 Å². The molecule has 416 valence electrons. The lowest BCUT2D eigenvalue weighted by Gasteiger charge is -2.24. The van der Waals surface area contributed by atoms with Gasteiger partial charge >= 0.3 is 31.2 Å². The maximum absolute atomic E-state index is 12.4. The molecule has 2 amide bonds. The van der Waals surface area contributed by atoms with E-state index < -0.39 is 36.5 Å². The van der Waals surface area contributed by atoms with Crippen molar-refractivity contribution in [3.05, 3.63) is 123 Å². The Hall–Kier alpha value is -6.76. The Labute approximate surface area is 465 Å². The summed E-state index contributed by atoms with van der Waals surface area (Å²) in [6, 6.07) is 25.3. The number of halogens is 1. The number of alkyl carbamates (subject to hydrolysis) is 2. The summed E-state index contributed by atoms with van der Waals surface area (Å²) in [5.41, 5.74) is 7.19. The summed E-state index contributed by atoms with van der Waals surface area (Å²) in [5.74, 6) is 0.0807. The van der Waals surface area contributed by atoms with Gasteiger partial charge in [-0.15, -0.1) is 0 Å². The van der Waals surface area contributed by atoms with Crippen LogP contribution in [-0.2, 0) is 32.0 Å². The number of ether oxygens (including phenoxy) is 4. The second-order valence-corrected chi connectivity index (χ2v) is 22.3. The van der Waals surface area contributed by atoms with Crippen molar-refractivity contribution in [2.75, 3.05) is 27.3 Å². The number of fused-ring (bicyclic) bond motifs is 2. The molecule has 4 aromatic carbocycles. The van der Waals surface area contributed by atoms with Gasteiger partial charge in [-0.1, -0.05) is 99.2 Å². The van der Waals surface area contributed by atoms with Gasteiger partial charge in [0.2, 0.25) is 0 Å². The molecule has 6 aromatic rings. The highest BCUT2D eigenvalue weighted by molar-refractivity contribution is 9.10. The highest BCUT2D eigenvalue weighted by Crippen LogP contribution is 2.46. The highest BCUT2D eigenvalue weighted by Gasteiger charge is 2.30. The molecule has 2 aliphatic rings. The van der Waals surface area contributed by atoms with Crippen LogP contribution >= 0.6 is 15.9 Å². The number of carbonyl (C=O) groups excluding carboxylic acids is 6. The summed E-state index contributed by atoms with van der Waals surface area (Å²) in [6.07, 6.45) is 12.4. The van der Waals surface area contributed by atoms with E-state index in [9.17, 15) is 28.8 Å². The molecule has 0 spiro atoms. The highest BCUT2D eigenvalue weighted by atomic mass is 79.9. The summed E-state index contributed by atoms with van der Waals surface area (Å²) >= 11 is 3.83. The third-order valence-corrected chi connectivity index (χ3v) is 14.6. The van der Waals surface area contributed by atoms with Gasteiger partial charge in [0, 0.05) is 59.2 Å². The molecule has 2 fully saturated rings. The van der Waals surface area contributed by atoms with Crippen LogP contribution in [0, 0.1) is 0 Å². The van der Waals surface area contributed by atoms with E-state index in [4.69, 9.17) is 29.0 Å². The Morgan fingerprint density at radius 1 is 0.615 bits per heavy atom. The van der Waals surface area contributed by atoms with Crippen LogP contribution in [0.1, 0.15) is 170 Å². The quantitative estimate of drug-likeness (QED) is 0.0347. The van der Waals surface area contributed by atoms with E-state index in [-0.39, 0.29) is 11.4 Å². The molecule has 16 nitrogen and oxygen atoms in total. The third kappa shape index (κ3) is 15.7. The fourth-order valence-electron chi connectivity index (χ4n) is 10.4. The Bertz CT molecular complexity index is 3070. The predicted octanol–water partition coefficient (Wildman–Crippen LogP) is 11.4. The maximum Gasteiger partial charge on any atom is 0.489 e. The molecule has 0 bridgehead atoms. The Morgan fingerprint density at radius 3 is 1.51 bits per heavy atom. The second-order valence-electron chi connectivity index (χ2n) is 21.6. The standard InChI is InChI=1S/C30H36N2O5.C23H31BrN2O4.C7H7BO3/c1-30(2,3)37-29(35)31-16-17-32-25-18-21(28(34)36-4)14-15-24(25)26(20-10-6-5-7-11-20)27(32)23-13-9-8-12-22(23)19-33;1-23(2,3)30-22(28)25-12-13-26-18-14-16(21(27)29-4)10-11-17(18)19(20(26)24)15-8-6-5-7-9-15;9-5-6-3-1-2-4-7(6)8(10)11/h8-9,12-15,18-20H,5-7,10-11,16-17H2,1-4H3,(H,31,35);10-11,14-15H,5-9,12-13H2,1-4H3,(H,25,28);1-5,10-11H. The summed E-state index contributed by atoms with van der Waals surface area (Å²) in [4.78, 5) is 71.3. The van der Waals surface area contributed by atoms with E-state index in [0.29, 0.717) is 66.6 Å². The van der Waals surface area contributed by atoms with Crippen LogP contribution in [0.2, 0.25) is 0 Å². The van der Waals surface area contributed by atoms with Crippen molar-refractivity contribution < 1.29 is 57.8 Å². The number of hydrogen-bond donors (Lipinski definition) is 4. The number of methoxy groups -OCH3 is 2. The molecule has 2 heterocycles. The van der Waals surface area contributed by atoms with Gasteiger partial charge < -0.3 is 48.8 Å². The fourth-order valence-corrected chi connectivity index (χ4v) is 11.3. The van der Waals surface area contributed by atoms with Crippen LogP contribution in [-0.4, -0.2) is 102 Å². The fraction of sp³-hybridized carbons (Fsp3) is 0.433. The SMILES string of the molecule is COC(=O)c1ccc2c(C3CCCCC3)c(-c3ccccc3C=O)n(CCNC(=O)OC(C)(C)C)c2c1.COC(=O)c1ccc2c(C3CCCCC3)c(Br)n(CCNC(=O)OC(C)(C)C)c2c1.O=Cc1ccccc1B(O)O. The topological polar surface area (TPSA) is 214 Å². The lowest BCUT2D eigenvalue weighted by Crippen LogP contribution is -2.34. The summed E-state index contributed by atoms with van der Waals surface area (Å²) in [5, 5.41) is 25.4. The Balaban J connectivity index is 0.000000214. The number of carbonyl (C=O) groups is 6. The molecule has 8 rings (SSSR count). The zero-order valence-corrected chi connectivity index (χ0v) is 47.7. The van der Waals surface area contributed by atoms with E-state index in [1.807, 2.05) is 96.1 Å². The average Bonchev–Trinajstić information content (AvgIpc) is 3.99. The molecule has 0 saturated heterocycles. The lowest BCUT2D eigenvalue weighted by molar-refractivity contribution is 0.0514. The molecule has 18 heteroatoms. The number of hydrogen-bond acceptors (Lipinski definition) is 12. The van der Waals surface area contributed by atoms with Crippen molar-refractivity contribution in [3.63, 3.8) is 0 Å². The van der Waals surface area contributed by atoms with E-state index in [1.165, 1.54) is 76.0 Å². The first-order chi connectivity index (χ1) is 37.2. The minimum Gasteiger partial charge on any atom is -0.465 e. The van der Waals surface area contributed by atoms with E-state index in [1.54, 1.807) is 18.2 Å². The number of aromatic nitrogens is 2. The minimum atomic E-state index is -1.57. The molecule has 2 saturated carbocycles. The van der Waals surface area contributed by atoms with Crippen molar-refractivity contribution >= 4 is 87.0 Å². The van der Waals surface area contributed by atoms with E-state index in [0.717, 1.165) is 69.6 Å². The molecule has 78 heavy (non-hydrogen) atoms. The van der Waals surface area contributed by atoms with E-state index >= 15 is 0 Å². The van der Waals surface area contributed by atoms with Crippen molar-refractivity contribution in [2.45, 2.75) is 142 Å². The number of benzene rings is 4. The van der Waals surface area contributed by atoms with Crippen LogP contribution in [0.25, 0.3) is 33.1 Å². The third-order valence-electron chi connectivity index (χ3n) is 13.8. The Morgan fingerprint density at radius 2 is 1.05 bits per heavy atom. The Kier molecular flexibility index (Phi) is 21.5. The van der Waals surface area contributed by atoms with Crippen molar-refractivity contribution in [1.29, 1.82) is 0 Å².